The molecule has 2 nitrogen and oxygen atoms in total. The number of hydrogen-bond acceptors (Lipinski definition) is 2. The number of methoxy groups -OCH3 is 1. The maximum Gasteiger partial charge on any atom is 0.131 e. The lowest BCUT2D eigenvalue weighted by Crippen LogP contribution is -2.19. The minimum Gasteiger partial charge on any atom is -0.497 e. The molecule has 1 aromatic rings. The van der Waals surface area contributed by atoms with E-state index < -0.39 is 0 Å². The Kier molecular flexibility index (Phi) is 5.16. The van der Waals surface area contributed by atoms with Crippen LogP contribution in [0.1, 0.15) is 32.4 Å². The Morgan fingerprint density at radius 2 is 2.18 bits per heavy atom. The third-order valence-electron chi connectivity index (χ3n) is 2.61. The number of nitrogens with one attached hydrogen (secondary N) is 1. The Morgan fingerprint density at radius 3 is 2.71 bits per heavy atom. The maximum atomic E-state index is 13.7. The first kappa shape index (κ1) is 13.7. The fourth-order valence-corrected chi connectivity index (χ4v) is 1.54. The second kappa shape index (κ2) is 6.40. The van der Waals surface area contributed by atoms with Crippen LogP contribution >= 0.6 is 0 Å². The van der Waals surface area contributed by atoms with Crippen LogP contribution in [-0.2, 0) is 0 Å². The van der Waals surface area contributed by atoms with Crippen LogP contribution in [0.15, 0.2) is 29.8 Å². The average molecular weight is 237 g/mol. The van der Waals surface area contributed by atoms with Crippen molar-refractivity contribution in [3.8, 4) is 5.75 Å². The quantitative estimate of drug-likeness (QED) is 0.792. The summed E-state index contributed by atoms with van der Waals surface area (Å²) in [5, 5.41) is 3.25. The van der Waals surface area contributed by atoms with Gasteiger partial charge in [-0.3, -0.25) is 0 Å². The molecule has 0 aliphatic rings. The minimum atomic E-state index is -0.235. The summed E-state index contributed by atoms with van der Waals surface area (Å²) in [5.41, 5.74) is 1.91. The second-order valence-electron chi connectivity index (χ2n) is 4.30. The fourth-order valence-electron chi connectivity index (χ4n) is 1.54. The molecule has 0 fully saturated rings. The Bertz CT molecular complexity index is 397. The summed E-state index contributed by atoms with van der Waals surface area (Å²) >= 11 is 0. The van der Waals surface area contributed by atoms with Crippen LogP contribution in [0.4, 0.5) is 4.39 Å². The van der Waals surface area contributed by atoms with Gasteiger partial charge in [0.15, 0.2) is 0 Å². The fraction of sp³-hybridized carbons (Fsp3) is 0.429. The highest BCUT2D eigenvalue weighted by atomic mass is 19.1. The number of allylic oxidation sites excluding steroid dienone is 1. The van der Waals surface area contributed by atoms with Crippen molar-refractivity contribution in [3.05, 3.63) is 41.2 Å². The van der Waals surface area contributed by atoms with Gasteiger partial charge in [-0.1, -0.05) is 17.7 Å². The third kappa shape index (κ3) is 4.19. The number of benzene rings is 1. The molecular weight excluding hydrogens is 217 g/mol. The van der Waals surface area contributed by atoms with E-state index in [0.29, 0.717) is 11.3 Å². The Morgan fingerprint density at radius 1 is 1.47 bits per heavy atom. The van der Waals surface area contributed by atoms with Gasteiger partial charge in [0.05, 0.1) is 7.11 Å². The van der Waals surface area contributed by atoms with Crippen LogP contribution in [0.25, 0.3) is 0 Å². The van der Waals surface area contributed by atoms with Gasteiger partial charge in [-0.05, 0) is 26.8 Å². The predicted octanol–water partition coefficient (Wildman–Crippen LogP) is 3.45. The van der Waals surface area contributed by atoms with Crippen molar-refractivity contribution in [2.75, 3.05) is 13.7 Å². The standard InChI is InChI=1S/C14H20FNO/c1-10(2)7-8-16-11(3)13-6-5-12(17-4)9-14(13)15/h5-7,9,11,16H,8H2,1-4H3. The van der Waals surface area contributed by atoms with Gasteiger partial charge in [-0.25, -0.2) is 4.39 Å². The lowest BCUT2D eigenvalue weighted by Gasteiger charge is -2.14. The molecule has 1 N–H and O–H groups in total. The summed E-state index contributed by atoms with van der Waals surface area (Å²) < 4.78 is 18.7. The number of halogens is 1. The molecule has 0 radical (unpaired) electrons. The summed E-state index contributed by atoms with van der Waals surface area (Å²) in [6, 6.07) is 4.93. The molecule has 0 saturated heterocycles. The van der Waals surface area contributed by atoms with Crippen LogP contribution in [0.3, 0.4) is 0 Å². The summed E-state index contributed by atoms with van der Waals surface area (Å²) in [4.78, 5) is 0. The highest BCUT2D eigenvalue weighted by Gasteiger charge is 2.10. The molecule has 0 saturated carbocycles. The summed E-state index contributed by atoms with van der Waals surface area (Å²) in [6.45, 7) is 6.78. The molecule has 0 aromatic heterocycles. The first-order valence-corrected chi connectivity index (χ1v) is 5.74. The molecular formula is C14H20FNO. The van der Waals surface area contributed by atoms with Crippen molar-refractivity contribution in [1.82, 2.24) is 5.32 Å². The molecule has 0 heterocycles. The zero-order valence-electron chi connectivity index (χ0n) is 10.9. The normalized spacial score (nSPS) is 12.1. The third-order valence-corrected chi connectivity index (χ3v) is 2.61. The van der Waals surface area contributed by atoms with E-state index in [1.807, 2.05) is 20.8 Å². The van der Waals surface area contributed by atoms with Gasteiger partial charge in [0.25, 0.3) is 0 Å². The van der Waals surface area contributed by atoms with Crippen LogP contribution in [-0.4, -0.2) is 13.7 Å². The van der Waals surface area contributed by atoms with E-state index in [2.05, 4.69) is 11.4 Å². The first-order valence-electron chi connectivity index (χ1n) is 5.74. The van der Waals surface area contributed by atoms with Crippen molar-refractivity contribution < 1.29 is 9.13 Å². The van der Waals surface area contributed by atoms with Crippen LogP contribution in [0.2, 0.25) is 0 Å². The lowest BCUT2D eigenvalue weighted by molar-refractivity contribution is 0.409. The van der Waals surface area contributed by atoms with E-state index in [0.717, 1.165) is 6.54 Å². The maximum absolute atomic E-state index is 13.7. The van der Waals surface area contributed by atoms with Crippen molar-refractivity contribution in [2.45, 2.75) is 26.8 Å². The summed E-state index contributed by atoms with van der Waals surface area (Å²) in [6.07, 6.45) is 2.08. The second-order valence-corrected chi connectivity index (χ2v) is 4.30. The van der Waals surface area contributed by atoms with Crippen LogP contribution in [0.5, 0.6) is 5.75 Å². The van der Waals surface area contributed by atoms with E-state index in [1.165, 1.54) is 18.7 Å². The molecule has 94 valence electrons. The monoisotopic (exact) mass is 237 g/mol. The predicted molar refractivity (Wildman–Crippen MR) is 68.8 cm³/mol. The summed E-state index contributed by atoms with van der Waals surface area (Å²) in [7, 11) is 1.53. The zero-order chi connectivity index (χ0) is 12.8. The number of ether oxygens (including phenoxy) is 1. The van der Waals surface area contributed by atoms with E-state index in [4.69, 9.17) is 4.74 Å². The van der Waals surface area contributed by atoms with Gasteiger partial charge in [-0.2, -0.15) is 0 Å². The molecule has 0 aliphatic heterocycles. The Hall–Kier alpha value is -1.35. The van der Waals surface area contributed by atoms with E-state index in [-0.39, 0.29) is 11.9 Å². The van der Waals surface area contributed by atoms with Gasteiger partial charge in [0.1, 0.15) is 11.6 Å². The largest absolute Gasteiger partial charge is 0.497 e. The highest BCUT2D eigenvalue weighted by Crippen LogP contribution is 2.21. The van der Waals surface area contributed by atoms with Gasteiger partial charge in [0, 0.05) is 24.2 Å². The molecule has 3 heteroatoms. The first-order chi connectivity index (χ1) is 8.04. The molecule has 1 rings (SSSR count). The van der Waals surface area contributed by atoms with Crippen LogP contribution < -0.4 is 10.1 Å². The molecule has 0 bridgehead atoms. The van der Waals surface area contributed by atoms with Gasteiger partial charge in [0.2, 0.25) is 0 Å². The Labute approximate surface area is 102 Å². The van der Waals surface area contributed by atoms with E-state index >= 15 is 0 Å². The molecule has 0 spiro atoms. The van der Waals surface area contributed by atoms with Crippen molar-refractivity contribution in [2.24, 2.45) is 0 Å². The Balaban J connectivity index is 2.68. The summed E-state index contributed by atoms with van der Waals surface area (Å²) in [5.74, 6) is 0.310. The van der Waals surface area contributed by atoms with Crippen molar-refractivity contribution in [1.29, 1.82) is 0 Å². The smallest absolute Gasteiger partial charge is 0.131 e. The van der Waals surface area contributed by atoms with Crippen molar-refractivity contribution >= 4 is 0 Å². The molecule has 1 aromatic carbocycles. The van der Waals surface area contributed by atoms with Crippen LogP contribution in [0, 0.1) is 5.82 Å². The minimum absolute atomic E-state index is 0.0171. The molecule has 1 unspecified atom stereocenters. The van der Waals surface area contributed by atoms with Gasteiger partial charge >= 0.3 is 0 Å². The molecule has 1 atom stereocenters. The number of rotatable bonds is 5. The topological polar surface area (TPSA) is 21.3 Å². The van der Waals surface area contributed by atoms with Gasteiger partial charge in [-0.15, -0.1) is 0 Å². The average Bonchev–Trinajstić information content (AvgIpc) is 2.28. The molecule has 17 heavy (non-hydrogen) atoms. The molecule has 0 aliphatic carbocycles. The lowest BCUT2D eigenvalue weighted by atomic mass is 10.1. The zero-order valence-corrected chi connectivity index (χ0v) is 10.9. The van der Waals surface area contributed by atoms with E-state index in [9.17, 15) is 4.39 Å². The van der Waals surface area contributed by atoms with E-state index in [1.54, 1.807) is 12.1 Å². The SMILES string of the molecule is COc1ccc(C(C)NCC=C(C)C)c(F)c1. The number of hydrogen-bond donors (Lipinski definition) is 1. The highest BCUT2D eigenvalue weighted by molar-refractivity contribution is 5.30. The van der Waals surface area contributed by atoms with Gasteiger partial charge < -0.3 is 10.1 Å². The van der Waals surface area contributed by atoms with Crippen molar-refractivity contribution in [3.63, 3.8) is 0 Å². The molecule has 0 amide bonds.